The molecule has 0 radical (unpaired) electrons. The molecule has 2 N–H and O–H groups in total. The van der Waals surface area contributed by atoms with Crippen molar-refractivity contribution in [2.45, 2.75) is 33.2 Å². The third-order valence-corrected chi connectivity index (χ3v) is 2.31. The fraction of sp³-hybridized carbons (Fsp3) is 0.429. The molecular formula is C14H20N2O2. The molecule has 0 saturated carbocycles. The van der Waals surface area contributed by atoms with E-state index in [2.05, 4.69) is 10.6 Å². The number of ketones is 1. The Labute approximate surface area is 108 Å². The van der Waals surface area contributed by atoms with E-state index in [1.165, 1.54) is 6.92 Å². The third kappa shape index (κ3) is 5.10. The van der Waals surface area contributed by atoms with Crippen molar-refractivity contribution in [3.63, 3.8) is 0 Å². The minimum Gasteiger partial charge on any atom is -0.326 e. The van der Waals surface area contributed by atoms with Crippen LogP contribution in [0.25, 0.3) is 0 Å². The summed E-state index contributed by atoms with van der Waals surface area (Å²) in [6.07, 6.45) is 0. The Morgan fingerprint density at radius 3 is 2.11 bits per heavy atom. The first kappa shape index (κ1) is 14.4. The fourth-order valence-electron chi connectivity index (χ4n) is 1.39. The highest BCUT2D eigenvalue weighted by atomic mass is 16.1. The zero-order valence-electron chi connectivity index (χ0n) is 11.3. The van der Waals surface area contributed by atoms with Gasteiger partial charge in [-0.25, -0.2) is 0 Å². The van der Waals surface area contributed by atoms with Crippen LogP contribution in [-0.2, 0) is 4.79 Å². The highest BCUT2D eigenvalue weighted by Crippen LogP contribution is 2.10. The predicted octanol–water partition coefficient (Wildman–Crippen LogP) is 2.22. The van der Waals surface area contributed by atoms with E-state index in [0.717, 1.165) is 0 Å². The molecule has 0 unspecified atom stereocenters. The summed E-state index contributed by atoms with van der Waals surface area (Å²) >= 11 is 0. The van der Waals surface area contributed by atoms with Gasteiger partial charge in [-0.2, -0.15) is 0 Å². The van der Waals surface area contributed by atoms with E-state index in [-0.39, 0.29) is 17.2 Å². The second-order valence-electron chi connectivity index (χ2n) is 5.29. The summed E-state index contributed by atoms with van der Waals surface area (Å²) in [5.74, 6) is -0.0808. The Bertz CT molecular complexity index is 430. The fourth-order valence-corrected chi connectivity index (χ4v) is 1.39. The van der Waals surface area contributed by atoms with E-state index in [4.69, 9.17) is 0 Å². The first-order valence-corrected chi connectivity index (χ1v) is 5.94. The maximum atomic E-state index is 11.9. The van der Waals surface area contributed by atoms with Crippen molar-refractivity contribution in [3.05, 3.63) is 29.8 Å². The number of rotatable bonds is 4. The molecule has 0 heterocycles. The van der Waals surface area contributed by atoms with Gasteiger partial charge in [-0.15, -0.1) is 0 Å². The second kappa shape index (κ2) is 5.78. The zero-order valence-corrected chi connectivity index (χ0v) is 11.3. The van der Waals surface area contributed by atoms with Crippen molar-refractivity contribution in [2.75, 3.05) is 11.9 Å². The number of benzene rings is 1. The summed E-state index contributed by atoms with van der Waals surface area (Å²) in [5.41, 5.74) is 1.26. The van der Waals surface area contributed by atoms with Crippen molar-refractivity contribution >= 4 is 17.4 Å². The van der Waals surface area contributed by atoms with Gasteiger partial charge in [0.1, 0.15) is 0 Å². The maximum absolute atomic E-state index is 11.9. The molecule has 0 spiro atoms. The first-order chi connectivity index (χ1) is 8.28. The lowest BCUT2D eigenvalue weighted by molar-refractivity contribution is -0.114. The van der Waals surface area contributed by atoms with Gasteiger partial charge in [0.25, 0.3) is 0 Å². The molecule has 1 aromatic rings. The van der Waals surface area contributed by atoms with Crippen molar-refractivity contribution in [1.29, 1.82) is 0 Å². The summed E-state index contributed by atoms with van der Waals surface area (Å²) in [7, 11) is 0. The van der Waals surface area contributed by atoms with Gasteiger partial charge in [0.05, 0.1) is 6.54 Å². The SMILES string of the molecule is CC(=O)Nc1ccc(C(=O)CNC(C)(C)C)cc1. The molecule has 0 aliphatic rings. The second-order valence-corrected chi connectivity index (χ2v) is 5.29. The highest BCUT2D eigenvalue weighted by Gasteiger charge is 2.12. The van der Waals surface area contributed by atoms with Crippen LogP contribution in [0.5, 0.6) is 0 Å². The van der Waals surface area contributed by atoms with E-state index in [9.17, 15) is 9.59 Å². The third-order valence-electron chi connectivity index (χ3n) is 2.31. The van der Waals surface area contributed by atoms with E-state index < -0.39 is 0 Å². The molecule has 18 heavy (non-hydrogen) atoms. The summed E-state index contributed by atoms with van der Waals surface area (Å²) in [6.45, 7) is 7.80. The molecule has 0 atom stereocenters. The number of carbonyl (C=O) groups excluding carboxylic acids is 2. The van der Waals surface area contributed by atoms with Gasteiger partial charge in [-0.05, 0) is 45.0 Å². The molecular weight excluding hydrogens is 228 g/mol. The summed E-state index contributed by atoms with van der Waals surface area (Å²) in [4.78, 5) is 22.7. The summed E-state index contributed by atoms with van der Waals surface area (Å²) in [6, 6.07) is 6.90. The van der Waals surface area contributed by atoms with Crippen LogP contribution in [0.3, 0.4) is 0 Å². The number of carbonyl (C=O) groups is 2. The maximum Gasteiger partial charge on any atom is 0.221 e. The molecule has 98 valence electrons. The van der Waals surface area contributed by atoms with Crippen LogP contribution in [-0.4, -0.2) is 23.8 Å². The number of anilines is 1. The van der Waals surface area contributed by atoms with Crippen LogP contribution >= 0.6 is 0 Å². The molecule has 4 heteroatoms. The predicted molar refractivity (Wildman–Crippen MR) is 72.8 cm³/mol. The average Bonchev–Trinajstić information content (AvgIpc) is 2.25. The van der Waals surface area contributed by atoms with Crippen LogP contribution in [0.1, 0.15) is 38.1 Å². The Balaban J connectivity index is 2.62. The lowest BCUT2D eigenvalue weighted by Gasteiger charge is -2.19. The van der Waals surface area contributed by atoms with E-state index >= 15 is 0 Å². The lowest BCUT2D eigenvalue weighted by Crippen LogP contribution is -2.39. The normalized spacial score (nSPS) is 11.1. The number of hydrogen-bond donors (Lipinski definition) is 2. The molecule has 0 saturated heterocycles. The van der Waals surface area contributed by atoms with Gasteiger partial charge in [0, 0.05) is 23.7 Å². The van der Waals surface area contributed by atoms with Crippen molar-refractivity contribution < 1.29 is 9.59 Å². The molecule has 0 bridgehead atoms. The Kier molecular flexibility index (Phi) is 4.62. The van der Waals surface area contributed by atoms with Crippen molar-refractivity contribution in [2.24, 2.45) is 0 Å². The molecule has 4 nitrogen and oxygen atoms in total. The topological polar surface area (TPSA) is 58.2 Å². The van der Waals surface area contributed by atoms with Gasteiger partial charge >= 0.3 is 0 Å². The number of Topliss-reactive ketones (excluding diaryl/α,β-unsaturated/α-hetero) is 1. The van der Waals surface area contributed by atoms with Crippen molar-refractivity contribution in [1.82, 2.24) is 5.32 Å². The van der Waals surface area contributed by atoms with E-state index in [1.54, 1.807) is 24.3 Å². The summed E-state index contributed by atoms with van der Waals surface area (Å²) < 4.78 is 0. The molecule has 0 aliphatic carbocycles. The number of hydrogen-bond acceptors (Lipinski definition) is 3. The van der Waals surface area contributed by atoms with Crippen LogP contribution in [0.15, 0.2) is 24.3 Å². The van der Waals surface area contributed by atoms with Crippen LogP contribution < -0.4 is 10.6 Å². The van der Waals surface area contributed by atoms with Crippen LogP contribution in [0.4, 0.5) is 5.69 Å². The van der Waals surface area contributed by atoms with Crippen molar-refractivity contribution in [3.8, 4) is 0 Å². The smallest absolute Gasteiger partial charge is 0.221 e. The van der Waals surface area contributed by atoms with Crippen LogP contribution in [0.2, 0.25) is 0 Å². The first-order valence-electron chi connectivity index (χ1n) is 5.94. The largest absolute Gasteiger partial charge is 0.326 e. The number of nitrogens with one attached hydrogen (secondary N) is 2. The molecule has 0 aliphatic heterocycles. The summed E-state index contributed by atoms with van der Waals surface area (Å²) in [5, 5.41) is 5.81. The van der Waals surface area contributed by atoms with Crippen LogP contribution in [0, 0.1) is 0 Å². The average molecular weight is 248 g/mol. The minimum atomic E-state index is -0.122. The Morgan fingerprint density at radius 1 is 1.11 bits per heavy atom. The number of amides is 1. The molecule has 1 rings (SSSR count). The van der Waals surface area contributed by atoms with Gasteiger partial charge in [-0.1, -0.05) is 0 Å². The standard InChI is InChI=1S/C14H20N2O2/c1-10(17)16-12-7-5-11(6-8-12)13(18)9-15-14(2,3)4/h5-8,15H,9H2,1-4H3,(H,16,17). The van der Waals surface area contributed by atoms with Gasteiger partial charge in [0.15, 0.2) is 5.78 Å². The molecule has 0 fully saturated rings. The lowest BCUT2D eigenvalue weighted by atomic mass is 10.1. The molecule has 1 aromatic carbocycles. The minimum absolute atomic E-state index is 0.0410. The van der Waals surface area contributed by atoms with E-state index in [0.29, 0.717) is 17.8 Å². The van der Waals surface area contributed by atoms with Gasteiger partial charge < -0.3 is 10.6 Å². The molecule has 1 amide bonds. The van der Waals surface area contributed by atoms with Gasteiger partial charge in [-0.3, -0.25) is 9.59 Å². The Hall–Kier alpha value is -1.68. The zero-order chi connectivity index (χ0) is 13.8. The molecule has 0 aromatic heterocycles. The Morgan fingerprint density at radius 2 is 1.67 bits per heavy atom. The highest BCUT2D eigenvalue weighted by molar-refractivity contribution is 5.98. The van der Waals surface area contributed by atoms with Gasteiger partial charge in [0.2, 0.25) is 5.91 Å². The van der Waals surface area contributed by atoms with E-state index in [1.807, 2.05) is 20.8 Å². The monoisotopic (exact) mass is 248 g/mol. The quantitative estimate of drug-likeness (QED) is 0.803.